The standard InChI is InChI=1S/C24H46N4O2.C6H11NO.C6H10O/c1-17(2)20(16-28-15-11-12-18(28)3)27(8)23(30)21(24(4,5)6)25-22(29)19-13-9-10-14-26(19)7;1-6-3-2-4-7(6)5-8;7-5-4-6-2-1-3-6/h17-21H,9-16H2,1-8H3,(H,25,29);5-6H,2-4H2,1H3;5-6H,1-4H2/t18-,19-,20-,21?;6-;/m11./s1. The van der Waals surface area contributed by atoms with E-state index in [1.807, 2.05) is 44.7 Å². The van der Waals surface area contributed by atoms with E-state index < -0.39 is 6.04 Å². The van der Waals surface area contributed by atoms with Crippen molar-refractivity contribution in [3.05, 3.63) is 0 Å². The Bertz CT molecular complexity index is 918. The van der Waals surface area contributed by atoms with Gasteiger partial charge in [-0.2, -0.15) is 0 Å². The maximum Gasteiger partial charge on any atom is 0.245 e. The highest BCUT2D eigenvalue weighted by Crippen LogP contribution is 2.28. The third-order valence-corrected chi connectivity index (χ3v) is 10.6. The minimum Gasteiger partial charge on any atom is -0.343 e. The SMILES string of the molecule is CC(C)[C@@H](CN1CCC[C@H]1C)N(C)C(=O)C(NC(=O)[C@H]1CCCCN1C)C(C)(C)C.C[C@@H]1CCCN1C=O.O=CCC1CCC1. The number of carbonyl (C=O) groups excluding carboxylic acids is 4. The first-order chi connectivity index (χ1) is 21.2. The third kappa shape index (κ3) is 12.3. The first-order valence-corrected chi connectivity index (χ1v) is 17.9. The molecular formula is C36H67N5O4. The van der Waals surface area contributed by atoms with Crippen LogP contribution in [-0.4, -0.2) is 115 Å². The molecule has 3 heterocycles. The molecule has 260 valence electrons. The summed E-state index contributed by atoms with van der Waals surface area (Å²) in [5, 5.41) is 3.15. The van der Waals surface area contributed by atoms with Crippen molar-refractivity contribution in [2.45, 2.75) is 149 Å². The highest BCUT2D eigenvalue weighted by Gasteiger charge is 2.40. The lowest BCUT2D eigenvalue weighted by Crippen LogP contribution is -2.60. The smallest absolute Gasteiger partial charge is 0.245 e. The molecule has 1 aliphatic carbocycles. The van der Waals surface area contributed by atoms with Crippen LogP contribution < -0.4 is 5.32 Å². The van der Waals surface area contributed by atoms with Gasteiger partial charge >= 0.3 is 0 Å². The van der Waals surface area contributed by atoms with E-state index in [-0.39, 0.29) is 29.3 Å². The van der Waals surface area contributed by atoms with E-state index in [9.17, 15) is 19.2 Å². The maximum absolute atomic E-state index is 13.7. The first-order valence-electron chi connectivity index (χ1n) is 17.9. The Morgan fingerprint density at radius 1 is 0.889 bits per heavy atom. The minimum absolute atomic E-state index is 0.00635. The van der Waals surface area contributed by atoms with E-state index in [0.717, 1.165) is 70.5 Å². The summed E-state index contributed by atoms with van der Waals surface area (Å²) in [6, 6.07) is 0.551. The molecule has 9 heteroatoms. The van der Waals surface area contributed by atoms with Crippen LogP contribution in [0.3, 0.4) is 0 Å². The summed E-state index contributed by atoms with van der Waals surface area (Å²) in [5.41, 5.74) is -0.350. The Kier molecular flexibility index (Phi) is 16.5. The van der Waals surface area contributed by atoms with Gasteiger partial charge in [0.05, 0.1) is 6.04 Å². The molecule has 3 saturated heterocycles. The average Bonchev–Trinajstić information content (AvgIpc) is 3.58. The summed E-state index contributed by atoms with van der Waals surface area (Å²) < 4.78 is 0. The fourth-order valence-electron chi connectivity index (χ4n) is 6.92. The molecule has 1 saturated carbocycles. The van der Waals surface area contributed by atoms with Crippen molar-refractivity contribution in [3.63, 3.8) is 0 Å². The van der Waals surface area contributed by atoms with Crippen LogP contribution in [0.4, 0.5) is 0 Å². The number of rotatable bonds is 10. The van der Waals surface area contributed by atoms with E-state index in [1.165, 1.54) is 44.9 Å². The van der Waals surface area contributed by atoms with Gasteiger partial charge in [-0.15, -0.1) is 0 Å². The summed E-state index contributed by atoms with van der Waals surface area (Å²) >= 11 is 0. The monoisotopic (exact) mass is 634 g/mol. The van der Waals surface area contributed by atoms with Crippen molar-refractivity contribution in [1.82, 2.24) is 24.9 Å². The number of nitrogens with zero attached hydrogens (tertiary/aromatic N) is 4. The Morgan fingerprint density at radius 2 is 1.53 bits per heavy atom. The molecule has 0 aromatic rings. The lowest BCUT2D eigenvalue weighted by molar-refractivity contribution is -0.142. The van der Waals surface area contributed by atoms with Gasteiger partial charge in [0.25, 0.3) is 0 Å². The molecule has 3 aliphatic heterocycles. The van der Waals surface area contributed by atoms with Crippen LogP contribution in [0, 0.1) is 17.3 Å². The molecule has 0 spiro atoms. The summed E-state index contributed by atoms with van der Waals surface area (Å²) in [4.78, 5) is 55.1. The Morgan fingerprint density at radius 3 is 1.93 bits per heavy atom. The predicted molar refractivity (Wildman–Crippen MR) is 183 cm³/mol. The van der Waals surface area contributed by atoms with Crippen molar-refractivity contribution < 1.29 is 19.2 Å². The fraction of sp³-hybridized carbons (Fsp3) is 0.889. The van der Waals surface area contributed by atoms with Crippen molar-refractivity contribution >= 4 is 24.5 Å². The summed E-state index contributed by atoms with van der Waals surface area (Å²) in [7, 11) is 3.93. The number of likely N-dealkylation sites (tertiary alicyclic amines) is 3. The van der Waals surface area contributed by atoms with Crippen molar-refractivity contribution in [3.8, 4) is 0 Å². The Labute approximate surface area is 275 Å². The van der Waals surface area contributed by atoms with Crippen LogP contribution in [0.2, 0.25) is 0 Å². The second kappa shape index (κ2) is 19.0. The zero-order valence-corrected chi connectivity index (χ0v) is 30.2. The third-order valence-electron chi connectivity index (χ3n) is 10.6. The molecule has 4 fully saturated rings. The van der Waals surface area contributed by atoms with Crippen LogP contribution in [0.15, 0.2) is 0 Å². The number of carbonyl (C=O) groups is 4. The first kappa shape index (κ1) is 39.2. The second-order valence-electron chi connectivity index (χ2n) is 15.6. The maximum atomic E-state index is 13.7. The number of aldehydes is 1. The molecule has 4 aliphatic rings. The molecule has 0 aromatic carbocycles. The molecule has 45 heavy (non-hydrogen) atoms. The van der Waals surface area contributed by atoms with Gasteiger partial charge in [0.1, 0.15) is 12.3 Å². The Balaban J connectivity index is 0.000000378. The van der Waals surface area contributed by atoms with Crippen molar-refractivity contribution in [2.24, 2.45) is 17.3 Å². The molecule has 0 aromatic heterocycles. The van der Waals surface area contributed by atoms with E-state index >= 15 is 0 Å². The average molecular weight is 634 g/mol. The van der Waals surface area contributed by atoms with Crippen LogP contribution in [0.5, 0.6) is 0 Å². The quantitative estimate of drug-likeness (QED) is 0.342. The number of piperidine rings is 1. The molecular weight excluding hydrogens is 566 g/mol. The lowest BCUT2D eigenvalue weighted by Gasteiger charge is -2.41. The molecule has 1 N–H and O–H groups in total. The molecule has 3 amide bonds. The van der Waals surface area contributed by atoms with Gasteiger partial charge in [-0.05, 0) is 89.8 Å². The second-order valence-corrected chi connectivity index (χ2v) is 15.6. The van der Waals surface area contributed by atoms with Gasteiger partial charge < -0.3 is 19.9 Å². The van der Waals surface area contributed by atoms with Gasteiger partial charge in [-0.25, -0.2) is 0 Å². The molecule has 5 atom stereocenters. The number of amides is 3. The highest BCUT2D eigenvalue weighted by atomic mass is 16.2. The molecule has 4 rings (SSSR count). The van der Waals surface area contributed by atoms with Gasteiger partial charge in [0, 0.05) is 44.7 Å². The molecule has 0 radical (unpaired) electrons. The number of nitrogens with one attached hydrogen (secondary N) is 1. The molecule has 9 nitrogen and oxygen atoms in total. The van der Waals surface area contributed by atoms with Gasteiger partial charge in [-0.3, -0.25) is 24.2 Å². The lowest BCUT2D eigenvalue weighted by atomic mass is 9.83. The minimum atomic E-state index is -0.525. The largest absolute Gasteiger partial charge is 0.343 e. The Hall–Kier alpha value is -2.00. The van der Waals surface area contributed by atoms with E-state index in [4.69, 9.17) is 0 Å². The number of hydrogen-bond donors (Lipinski definition) is 1. The fourth-order valence-corrected chi connectivity index (χ4v) is 6.92. The van der Waals surface area contributed by atoms with Crippen LogP contribution in [0.25, 0.3) is 0 Å². The zero-order valence-electron chi connectivity index (χ0n) is 30.2. The van der Waals surface area contributed by atoms with Crippen LogP contribution >= 0.6 is 0 Å². The zero-order chi connectivity index (χ0) is 33.7. The molecule has 1 unspecified atom stereocenters. The van der Waals surface area contributed by atoms with Gasteiger partial charge in [0.2, 0.25) is 18.2 Å². The topological polar surface area (TPSA) is 93.3 Å². The predicted octanol–water partition coefficient (Wildman–Crippen LogP) is 4.97. The highest BCUT2D eigenvalue weighted by molar-refractivity contribution is 5.90. The summed E-state index contributed by atoms with van der Waals surface area (Å²) in [6.07, 6.45) is 14.6. The number of likely N-dealkylation sites (N-methyl/N-ethyl adjacent to an activating group) is 2. The van der Waals surface area contributed by atoms with E-state index in [2.05, 4.69) is 42.8 Å². The van der Waals surface area contributed by atoms with Crippen molar-refractivity contribution in [2.75, 3.05) is 40.3 Å². The normalized spacial score (nSPS) is 25.6. The molecule has 0 bridgehead atoms. The number of hydrogen-bond acceptors (Lipinski definition) is 6. The van der Waals surface area contributed by atoms with Crippen molar-refractivity contribution in [1.29, 1.82) is 0 Å². The summed E-state index contributed by atoms with van der Waals surface area (Å²) in [5.74, 6) is 1.14. The van der Waals surface area contributed by atoms with E-state index in [1.54, 1.807) is 0 Å². The summed E-state index contributed by atoms with van der Waals surface area (Å²) in [6.45, 7) is 18.8. The van der Waals surface area contributed by atoms with Crippen LogP contribution in [0.1, 0.15) is 119 Å². The van der Waals surface area contributed by atoms with E-state index in [0.29, 0.717) is 18.0 Å². The van der Waals surface area contributed by atoms with Gasteiger partial charge in [0.15, 0.2) is 0 Å². The van der Waals surface area contributed by atoms with Crippen LogP contribution in [-0.2, 0) is 19.2 Å². The van der Waals surface area contributed by atoms with Gasteiger partial charge in [-0.1, -0.05) is 60.3 Å².